The van der Waals surface area contributed by atoms with Gasteiger partial charge < -0.3 is 15.2 Å². The van der Waals surface area contributed by atoms with Crippen molar-refractivity contribution in [3.8, 4) is 0 Å². The molecule has 1 saturated heterocycles. The largest absolute Gasteiger partial charge is 0.361 e. The van der Waals surface area contributed by atoms with Crippen LogP contribution in [0.3, 0.4) is 0 Å². The molecule has 1 aromatic carbocycles. The van der Waals surface area contributed by atoms with Gasteiger partial charge in [-0.05, 0) is 43.9 Å². The SMILES string of the molecule is Cc1cc(CNC(=O)NCCCc2ccc3c(c2)C(=O)N(C2CCC(=O)NC2=O)C3=O)no1. The Morgan fingerprint density at radius 1 is 1.15 bits per heavy atom. The third kappa shape index (κ3) is 4.76. The summed E-state index contributed by atoms with van der Waals surface area (Å²) in [5.41, 5.74) is 1.96. The second-order valence-electron chi connectivity index (χ2n) is 7.97. The van der Waals surface area contributed by atoms with Crippen molar-refractivity contribution in [2.45, 2.75) is 45.2 Å². The third-order valence-electron chi connectivity index (χ3n) is 5.54. The number of hydrogen-bond acceptors (Lipinski definition) is 7. The normalized spacial score (nSPS) is 17.7. The predicted molar refractivity (Wildman–Crippen MR) is 113 cm³/mol. The van der Waals surface area contributed by atoms with E-state index in [-0.39, 0.29) is 36.5 Å². The van der Waals surface area contributed by atoms with E-state index in [9.17, 15) is 24.0 Å². The van der Waals surface area contributed by atoms with Crippen LogP contribution >= 0.6 is 0 Å². The summed E-state index contributed by atoms with van der Waals surface area (Å²) in [7, 11) is 0. The van der Waals surface area contributed by atoms with Crippen molar-refractivity contribution in [3.05, 3.63) is 52.4 Å². The molecule has 172 valence electrons. The summed E-state index contributed by atoms with van der Waals surface area (Å²) in [5.74, 6) is -1.44. The highest BCUT2D eigenvalue weighted by Gasteiger charge is 2.44. The van der Waals surface area contributed by atoms with Crippen LogP contribution in [0.4, 0.5) is 4.79 Å². The number of amides is 6. The number of aromatic nitrogens is 1. The number of piperidine rings is 1. The smallest absolute Gasteiger partial charge is 0.315 e. The number of nitrogens with one attached hydrogen (secondary N) is 3. The standard InChI is InChI=1S/C22H23N5O6/c1-12-9-14(26-33-12)11-24-22(32)23-8-2-3-13-4-5-15-16(10-13)21(31)27(20(15)30)17-6-7-18(28)25-19(17)29/h4-5,9-10,17H,2-3,6-8,11H2,1H3,(H2,23,24,32)(H,25,28,29). The quantitative estimate of drug-likeness (QED) is 0.415. The lowest BCUT2D eigenvalue weighted by atomic mass is 10.0. The van der Waals surface area contributed by atoms with Gasteiger partial charge in [0.25, 0.3) is 11.8 Å². The van der Waals surface area contributed by atoms with Crippen molar-refractivity contribution in [2.24, 2.45) is 0 Å². The highest BCUT2D eigenvalue weighted by atomic mass is 16.5. The van der Waals surface area contributed by atoms with Crippen LogP contribution in [0.15, 0.2) is 28.8 Å². The summed E-state index contributed by atoms with van der Waals surface area (Å²) in [6.45, 7) is 2.44. The molecule has 11 nitrogen and oxygen atoms in total. The van der Waals surface area contributed by atoms with Gasteiger partial charge in [-0.1, -0.05) is 11.2 Å². The molecular formula is C22H23N5O6. The fourth-order valence-electron chi connectivity index (χ4n) is 3.90. The van der Waals surface area contributed by atoms with E-state index < -0.39 is 29.7 Å². The van der Waals surface area contributed by atoms with Gasteiger partial charge in [0.2, 0.25) is 11.8 Å². The highest BCUT2D eigenvalue weighted by molar-refractivity contribution is 6.23. The maximum absolute atomic E-state index is 12.9. The molecule has 1 unspecified atom stereocenters. The van der Waals surface area contributed by atoms with E-state index in [1.165, 1.54) is 0 Å². The maximum Gasteiger partial charge on any atom is 0.315 e. The molecule has 33 heavy (non-hydrogen) atoms. The Kier molecular flexibility index (Phi) is 6.20. The molecule has 6 amide bonds. The van der Waals surface area contributed by atoms with Crippen LogP contribution in [0.1, 0.15) is 57.0 Å². The molecule has 4 rings (SSSR count). The number of urea groups is 1. The topological polar surface area (TPSA) is 151 Å². The van der Waals surface area contributed by atoms with E-state index in [1.807, 2.05) is 0 Å². The molecule has 0 bridgehead atoms. The fraction of sp³-hybridized carbons (Fsp3) is 0.364. The summed E-state index contributed by atoms with van der Waals surface area (Å²) in [6.07, 6.45) is 1.39. The lowest BCUT2D eigenvalue weighted by molar-refractivity contribution is -0.136. The van der Waals surface area contributed by atoms with Gasteiger partial charge >= 0.3 is 6.03 Å². The Balaban J connectivity index is 1.28. The molecule has 3 heterocycles. The van der Waals surface area contributed by atoms with Gasteiger partial charge in [-0.3, -0.25) is 29.4 Å². The molecular weight excluding hydrogens is 430 g/mol. The van der Waals surface area contributed by atoms with Gasteiger partial charge in [-0.15, -0.1) is 0 Å². The Morgan fingerprint density at radius 2 is 1.94 bits per heavy atom. The molecule has 1 atom stereocenters. The number of rotatable bonds is 7. The number of carbonyl (C=O) groups excluding carboxylic acids is 5. The summed E-state index contributed by atoms with van der Waals surface area (Å²) in [5, 5.41) is 11.4. The highest BCUT2D eigenvalue weighted by Crippen LogP contribution is 2.28. The van der Waals surface area contributed by atoms with Crippen molar-refractivity contribution in [1.82, 2.24) is 26.0 Å². The zero-order valence-corrected chi connectivity index (χ0v) is 18.0. The minimum absolute atomic E-state index is 0.0773. The number of imide groups is 2. The monoisotopic (exact) mass is 453 g/mol. The number of nitrogens with zero attached hydrogens (tertiary/aromatic N) is 2. The molecule has 0 radical (unpaired) electrons. The lowest BCUT2D eigenvalue weighted by Crippen LogP contribution is -2.54. The first-order chi connectivity index (χ1) is 15.8. The molecule has 1 fully saturated rings. The van der Waals surface area contributed by atoms with Gasteiger partial charge in [-0.2, -0.15) is 0 Å². The van der Waals surface area contributed by atoms with Crippen LogP contribution in [-0.2, 0) is 22.6 Å². The predicted octanol–water partition coefficient (Wildman–Crippen LogP) is 0.816. The van der Waals surface area contributed by atoms with E-state index in [0.29, 0.717) is 30.8 Å². The van der Waals surface area contributed by atoms with Crippen LogP contribution in [0, 0.1) is 6.92 Å². The summed E-state index contributed by atoms with van der Waals surface area (Å²) in [6, 6.07) is 5.41. The number of aryl methyl sites for hydroxylation is 2. The van der Waals surface area contributed by atoms with Gasteiger partial charge in [-0.25, -0.2) is 4.79 Å². The van der Waals surface area contributed by atoms with Crippen LogP contribution in [0.25, 0.3) is 0 Å². The molecule has 0 aliphatic carbocycles. The molecule has 3 N–H and O–H groups in total. The summed E-state index contributed by atoms with van der Waals surface area (Å²) in [4.78, 5) is 61.9. The summed E-state index contributed by atoms with van der Waals surface area (Å²) < 4.78 is 4.94. The van der Waals surface area contributed by atoms with Crippen LogP contribution in [-0.4, -0.2) is 52.3 Å². The van der Waals surface area contributed by atoms with Crippen LogP contribution in [0.5, 0.6) is 0 Å². The van der Waals surface area contributed by atoms with Crippen molar-refractivity contribution in [2.75, 3.05) is 6.54 Å². The lowest BCUT2D eigenvalue weighted by Gasteiger charge is -2.27. The van der Waals surface area contributed by atoms with Gasteiger partial charge in [0.05, 0.1) is 17.7 Å². The number of benzene rings is 1. The number of carbonyl (C=O) groups is 5. The zero-order chi connectivity index (χ0) is 23.5. The zero-order valence-electron chi connectivity index (χ0n) is 18.0. The molecule has 1 aromatic heterocycles. The second-order valence-corrected chi connectivity index (χ2v) is 7.97. The Labute approximate surface area is 188 Å². The Morgan fingerprint density at radius 3 is 2.67 bits per heavy atom. The third-order valence-corrected chi connectivity index (χ3v) is 5.54. The van der Waals surface area contributed by atoms with Crippen molar-refractivity contribution in [1.29, 1.82) is 0 Å². The van der Waals surface area contributed by atoms with Crippen LogP contribution < -0.4 is 16.0 Å². The Bertz CT molecular complexity index is 1140. The minimum atomic E-state index is -0.984. The van der Waals surface area contributed by atoms with E-state index in [0.717, 1.165) is 10.5 Å². The molecule has 0 spiro atoms. The fourth-order valence-corrected chi connectivity index (χ4v) is 3.90. The molecule has 11 heteroatoms. The second kappa shape index (κ2) is 9.23. The van der Waals surface area contributed by atoms with E-state index in [2.05, 4.69) is 21.1 Å². The van der Waals surface area contributed by atoms with E-state index in [1.54, 1.807) is 31.2 Å². The molecule has 2 aromatic rings. The average molecular weight is 453 g/mol. The van der Waals surface area contributed by atoms with E-state index >= 15 is 0 Å². The van der Waals surface area contributed by atoms with Crippen molar-refractivity contribution >= 4 is 29.7 Å². The number of hydrogen-bond donors (Lipinski definition) is 3. The first kappa shape index (κ1) is 22.2. The average Bonchev–Trinajstić information content (AvgIpc) is 3.31. The maximum atomic E-state index is 12.9. The van der Waals surface area contributed by atoms with Crippen molar-refractivity contribution < 1.29 is 28.5 Å². The van der Waals surface area contributed by atoms with Gasteiger partial charge in [0.15, 0.2) is 0 Å². The minimum Gasteiger partial charge on any atom is -0.361 e. The summed E-state index contributed by atoms with van der Waals surface area (Å²) >= 11 is 0. The molecule has 2 aliphatic heterocycles. The van der Waals surface area contributed by atoms with Crippen LogP contribution in [0.2, 0.25) is 0 Å². The number of fused-ring (bicyclic) bond motifs is 1. The first-order valence-corrected chi connectivity index (χ1v) is 10.6. The van der Waals surface area contributed by atoms with Gasteiger partial charge in [0, 0.05) is 19.0 Å². The van der Waals surface area contributed by atoms with E-state index in [4.69, 9.17) is 4.52 Å². The molecule has 0 saturated carbocycles. The van der Waals surface area contributed by atoms with Gasteiger partial charge in [0.1, 0.15) is 17.5 Å². The first-order valence-electron chi connectivity index (χ1n) is 10.6. The molecule has 2 aliphatic rings. The Hall–Kier alpha value is -4.02. The van der Waals surface area contributed by atoms with Crippen molar-refractivity contribution in [3.63, 3.8) is 0 Å².